The van der Waals surface area contributed by atoms with Crippen LogP contribution >= 0.6 is 0 Å². The molecule has 0 amide bonds. The minimum atomic E-state index is -4.44. The quantitative estimate of drug-likeness (QED) is 0.678. The van der Waals surface area contributed by atoms with Gasteiger partial charge in [-0.1, -0.05) is 0 Å². The molecule has 1 saturated heterocycles. The van der Waals surface area contributed by atoms with Crippen LogP contribution in [0.1, 0.15) is 6.42 Å². The predicted molar refractivity (Wildman–Crippen MR) is 41.9 cm³/mol. The molecule has 13 heavy (non-hydrogen) atoms. The molecule has 1 fully saturated rings. The van der Waals surface area contributed by atoms with Gasteiger partial charge in [0, 0.05) is 13.7 Å². The minimum absolute atomic E-state index is 0.197. The van der Waals surface area contributed by atoms with Crippen molar-refractivity contribution in [2.24, 2.45) is 0 Å². The normalized spacial score (nSPS) is 24.5. The maximum absolute atomic E-state index is 12.0. The molecule has 0 N–H and O–H groups in total. The van der Waals surface area contributed by atoms with E-state index in [4.69, 9.17) is 4.74 Å². The van der Waals surface area contributed by atoms with E-state index in [1.54, 1.807) is 0 Å². The molecule has 4 nitrogen and oxygen atoms in total. The molecule has 1 aliphatic heterocycles. The molecule has 1 atom stereocenters. The molecule has 1 rings (SSSR count). The van der Waals surface area contributed by atoms with Crippen LogP contribution in [0.15, 0.2) is 0 Å². The highest BCUT2D eigenvalue weighted by Gasteiger charge is 2.35. The fraction of sp³-hybridized carbons (Fsp3) is 1.00. The second kappa shape index (κ2) is 3.85. The van der Waals surface area contributed by atoms with Crippen LogP contribution in [0.25, 0.3) is 0 Å². The van der Waals surface area contributed by atoms with Crippen molar-refractivity contribution in [3.8, 4) is 0 Å². The number of hydrogen-bond acceptors (Lipinski definition) is 3. The summed E-state index contributed by atoms with van der Waals surface area (Å²) in [4.78, 5) is 0. The summed E-state index contributed by atoms with van der Waals surface area (Å²) >= 11 is 0. The smallest absolute Gasteiger partial charge is 0.350 e. The number of halogens is 2. The minimum Gasteiger partial charge on any atom is -0.380 e. The highest BCUT2D eigenvalue weighted by Crippen LogP contribution is 2.18. The van der Waals surface area contributed by atoms with Crippen molar-refractivity contribution in [3.63, 3.8) is 0 Å². The number of hydrogen-bond donors (Lipinski definition) is 0. The predicted octanol–water partition coefficient (Wildman–Crippen LogP) is 0.260. The first kappa shape index (κ1) is 10.8. The second-order valence-electron chi connectivity index (χ2n) is 2.84. The monoisotopic (exact) mass is 215 g/mol. The molecular weight excluding hydrogens is 204 g/mol. The van der Waals surface area contributed by atoms with Gasteiger partial charge >= 0.3 is 5.76 Å². The number of sulfonamides is 1. The summed E-state index contributed by atoms with van der Waals surface area (Å²) in [6.07, 6.45) is 0.475. The topological polar surface area (TPSA) is 46.6 Å². The first-order chi connectivity index (χ1) is 5.96. The highest BCUT2D eigenvalue weighted by atomic mass is 32.2. The average Bonchev–Trinajstić information content (AvgIpc) is 2.54. The third-order valence-electron chi connectivity index (χ3n) is 2.05. The van der Waals surface area contributed by atoms with Crippen LogP contribution in [0.4, 0.5) is 8.78 Å². The Morgan fingerprint density at radius 1 is 1.54 bits per heavy atom. The Bertz CT molecular complexity index is 261. The Hall–Kier alpha value is -0.270. The fourth-order valence-electron chi connectivity index (χ4n) is 1.14. The van der Waals surface area contributed by atoms with Crippen molar-refractivity contribution in [3.05, 3.63) is 0 Å². The van der Waals surface area contributed by atoms with E-state index in [2.05, 4.69) is 0 Å². The van der Waals surface area contributed by atoms with E-state index in [1.807, 2.05) is 0 Å². The Balaban J connectivity index is 2.71. The lowest BCUT2D eigenvalue weighted by Crippen LogP contribution is -2.40. The molecule has 0 aromatic rings. The van der Waals surface area contributed by atoms with Gasteiger partial charge in [0.25, 0.3) is 10.0 Å². The Kier molecular flexibility index (Phi) is 3.20. The van der Waals surface area contributed by atoms with Gasteiger partial charge in [-0.25, -0.2) is 8.42 Å². The maximum atomic E-state index is 12.0. The SMILES string of the molecule is CN(C1CCOC1)S(=O)(=O)C(F)F. The third kappa shape index (κ3) is 2.15. The lowest BCUT2D eigenvalue weighted by molar-refractivity contribution is 0.175. The number of likely N-dealkylation sites (N-methyl/N-ethyl adjacent to an activating group) is 1. The van der Waals surface area contributed by atoms with Gasteiger partial charge in [0.1, 0.15) is 0 Å². The molecule has 0 saturated carbocycles. The van der Waals surface area contributed by atoms with E-state index in [0.29, 0.717) is 17.3 Å². The maximum Gasteiger partial charge on any atom is 0.350 e. The molecule has 78 valence electrons. The first-order valence-electron chi connectivity index (χ1n) is 3.79. The molecule has 0 aliphatic carbocycles. The number of ether oxygens (including phenoxy) is 1. The number of alkyl halides is 2. The van der Waals surface area contributed by atoms with Crippen LogP contribution in [0.2, 0.25) is 0 Å². The standard InChI is InChI=1S/C6H11F2NO3S/c1-9(5-2-3-12-4-5)13(10,11)6(7)8/h5-6H,2-4H2,1H3. The molecule has 0 aromatic heterocycles. The summed E-state index contributed by atoms with van der Waals surface area (Å²) in [5, 5.41) is 0. The van der Waals surface area contributed by atoms with Gasteiger partial charge in [-0.2, -0.15) is 13.1 Å². The van der Waals surface area contributed by atoms with Gasteiger partial charge in [0.05, 0.1) is 12.6 Å². The van der Waals surface area contributed by atoms with Crippen molar-refractivity contribution >= 4 is 10.0 Å². The van der Waals surface area contributed by atoms with Gasteiger partial charge in [0.15, 0.2) is 0 Å². The first-order valence-corrected chi connectivity index (χ1v) is 5.29. The Morgan fingerprint density at radius 3 is 2.54 bits per heavy atom. The summed E-state index contributed by atoms with van der Waals surface area (Å²) < 4.78 is 51.6. The fourth-order valence-corrected chi connectivity index (χ4v) is 1.98. The lowest BCUT2D eigenvalue weighted by Gasteiger charge is -2.21. The van der Waals surface area contributed by atoms with Gasteiger partial charge in [-0.3, -0.25) is 0 Å². The van der Waals surface area contributed by atoms with Crippen LogP contribution in [-0.2, 0) is 14.8 Å². The average molecular weight is 215 g/mol. The van der Waals surface area contributed by atoms with Crippen molar-refractivity contribution in [1.82, 2.24) is 4.31 Å². The second-order valence-corrected chi connectivity index (χ2v) is 4.80. The molecule has 0 radical (unpaired) electrons. The largest absolute Gasteiger partial charge is 0.380 e. The van der Waals surface area contributed by atoms with Gasteiger partial charge in [-0.15, -0.1) is 0 Å². The number of nitrogens with zero attached hydrogens (tertiary/aromatic N) is 1. The van der Waals surface area contributed by atoms with Crippen molar-refractivity contribution < 1.29 is 21.9 Å². The van der Waals surface area contributed by atoms with Crippen LogP contribution < -0.4 is 0 Å². The molecule has 1 unspecified atom stereocenters. The van der Waals surface area contributed by atoms with Gasteiger partial charge in [-0.05, 0) is 6.42 Å². The van der Waals surface area contributed by atoms with Crippen LogP contribution in [0, 0.1) is 0 Å². The van der Waals surface area contributed by atoms with Crippen molar-refractivity contribution in [2.75, 3.05) is 20.3 Å². The van der Waals surface area contributed by atoms with E-state index in [0.717, 1.165) is 7.05 Å². The third-order valence-corrected chi connectivity index (χ3v) is 3.60. The molecule has 7 heteroatoms. The summed E-state index contributed by atoms with van der Waals surface area (Å²) in [6.45, 7) is 0.621. The molecular formula is C6H11F2NO3S. The number of rotatable bonds is 3. The highest BCUT2D eigenvalue weighted by molar-refractivity contribution is 7.89. The summed E-state index contributed by atoms with van der Waals surface area (Å²) in [5.74, 6) is -3.35. The molecule has 0 aromatic carbocycles. The van der Waals surface area contributed by atoms with Crippen molar-refractivity contribution in [1.29, 1.82) is 0 Å². The Labute approximate surface area is 75.5 Å². The summed E-state index contributed by atoms with van der Waals surface area (Å²) in [7, 11) is -3.29. The zero-order valence-corrected chi connectivity index (χ0v) is 7.93. The van der Waals surface area contributed by atoms with E-state index < -0.39 is 21.8 Å². The van der Waals surface area contributed by atoms with E-state index in [-0.39, 0.29) is 6.61 Å². The van der Waals surface area contributed by atoms with Gasteiger partial charge in [0.2, 0.25) is 0 Å². The molecule has 0 bridgehead atoms. The molecule has 1 heterocycles. The molecule has 1 aliphatic rings. The van der Waals surface area contributed by atoms with Crippen LogP contribution in [0.5, 0.6) is 0 Å². The Morgan fingerprint density at radius 2 is 2.15 bits per heavy atom. The molecule has 0 spiro atoms. The lowest BCUT2D eigenvalue weighted by atomic mass is 10.3. The zero-order chi connectivity index (χ0) is 10.1. The van der Waals surface area contributed by atoms with Gasteiger partial charge < -0.3 is 4.74 Å². The van der Waals surface area contributed by atoms with E-state index in [9.17, 15) is 17.2 Å². The summed E-state index contributed by atoms with van der Waals surface area (Å²) in [6, 6.07) is -0.445. The zero-order valence-electron chi connectivity index (χ0n) is 7.11. The summed E-state index contributed by atoms with van der Waals surface area (Å²) in [5.41, 5.74) is 0. The van der Waals surface area contributed by atoms with Crippen LogP contribution in [-0.4, -0.2) is 44.8 Å². The van der Waals surface area contributed by atoms with E-state index >= 15 is 0 Å². The van der Waals surface area contributed by atoms with E-state index in [1.165, 1.54) is 0 Å². The van der Waals surface area contributed by atoms with Crippen LogP contribution in [0.3, 0.4) is 0 Å². The van der Waals surface area contributed by atoms with Crippen molar-refractivity contribution in [2.45, 2.75) is 18.2 Å².